The van der Waals surface area contributed by atoms with E-state index in [1.165, 1.54) is 30.9 Å². The summed E-state index contributed by atoms with van der Waals surface area (Å²) >= 11 is 0. The molecule has 0 saturated heterocycles. The Labute approximate surface area is 184 Å². The molecular weight excluding hydrogens is 410 g/mol. The van der Waals surface area contributed by atoms with Gasteiger partial charge in [0.1, 0.15) is 28.8 Å². The number of oxazole rings is 1. The highest BCUT2D eigenvalue weighted by Gasteiger charge is 2.31. The van der Waals surface area contributed by atoms with Gasteiger partial charge in [0.2, 0.25) is 5.89 Å². The maximum absolute atomic E-state index is 13.3. The van der Waals surface area contributed by atoms with Gasteiger partial charge < -0.3 is 14.3 Å². The molecule has 3 heterocycles. The molecule has 0 amide bonds. The molecule has 0 radical (unpaired) electrons. The Balaban J connectivity index is 1.87. The minimum atomic E-state index is -1.45. The van der Waals surface area contributed by atoms with Gasteiger partial charge in [-0.2, -0.15) is 0 Å². The largest absolute Gasteiger partial charge is 0.496 e. The molecule has 0 aliphatic rings. The van der Waals surface area contributed by atoms with Crippen LogP contribution >= 0.6 is 0 Å². The first kappa shape index (κ1) is 21.3. The maximum atomic E-state index is 13.3. The first-order valence-electron chi connectivity index (χ1n) is 10.1. The van der Waals surface area contributed by atoms with Crippen LogP contribution in [0.3, 0.4) is 0 Å². The number of aromatic nitrogens is 3. The maximum Gasteiger partial charge on any atom is 0.329 e. The SMILES string of the molecule is COc1ccccc1CCc1cn(C(C)(C)C(=O)O)c(=O)c2nc(-c3ncco3)ccc12. The van der Waals surface area contributed by atoms with Crippen LogP contribution in [0.1, 0.15) is 25.0 Å². The zero-order chi connectivity index (χ0) is 22.9. The average Bonchev–Trinajstić information content (AvgIpc) is 3.33. The Bertz CT molecular complexity index is 1340. The van der Waals surface area contributed by atoms with Crippen molar-refractivity contribution >= 4 is 16.9 Å². The lowest BCUT2D eigenvalue weighted by Gasteiger charge is -2.24. The molecule has 1 N–H and O–H groups in total. The Morgan fingerprint density at radius 3 is 2.59 bits per heavy atom. The quantitative estimate of drug-likeness (QED) is 0.474. The number of aliphatic carboxylic acids is 1. The summed E-state index contributed by atoms with van der Waals surface area (Å²) in [5.41, 5.74) is 0.468. The predicted octanol–water partition coefficient (Wildman–Crippen LogP) is 3.67. The van der Waals surface area contributed by atoms with E-state index in [1.54, 1.807) is 25.4 Å². The normalized spacial score (nSPS) is 11.6. The molecule has 0 fully saturated rings. The molecule has 0 spiro atoms. The van der Waals surface area contributed by atoms with E-state index in [2.05, 4.69) is 9.97 Å². The molecule has 1 aromatic carbocycles. The Kier molecular flexibility index (Phi) is 5.52. The van der Waals surface area contributed by atoms with E-state index in [4.69, 9.17) is 9.15 Å². The van der Waals surface area contributed by atoms with Crippen molar-refractivity contribution in [3.05, 3.63) is 76.5 Å². The van der Waals surface area contributed by atoms with Crippen molar-refractivity contribution in [2.45, 2.75) is 32.2 Å². The van der Waals surface area contributed by atoms with Gasteiger partial charge in [-0.25, -0.2) is 14.8 Å². The van der Waals surface area contributed by atoms with Gasteiger partial charge in [-0.1, -0.05) is 18.2 Å². The van der Waals surface area contributed by atoms with Crippen LogP contribution < -0.4 is 10.3 Å². The molecule has 32 heavy (non-hydrogen) atoms. The average molecular weight is 433 g/mol. The summed E-state index contributed by atoms with van der Waals surface area (Å²) in [6.07, 6.45) is 5.76. The summed E-state index contributed by atoms with van der Waals surface area (Å²) in [6, 6.07) is 11.3. The second-order valence-electron chi connectivity index (χ2n) is 7.94. The standard InChI is InChI=1S/C24H23N3O5/c1-24(2,23(29)30)27-14-16(9-8-15-6-4-5-7-19(15)31-3)17-10-11-18(21-25-12-13-32-21)26-20(17)22(27)28/h4-7,10-14H,8-9H2,1-3H3,(H,29,30). The number of methoxy groups -OCH3 is 1. The number of hydrogen-bond donors (Lipinski definition) is 1. The second-order valence-corrected chi connectivity index (χ2v) is 7.94. The third kappa shape index (κ3) is 3.75. The third-order valence-electron chi connectivity index (χ3n) is 5.58. The minimum absolute atomic E-state index is 0.174. The van der Waals surface area contributed by atoms with Crippen LogP contribution in [-0.2, 0) is 23.2 Å². The van der Waals surface area contributed by atoms with Gasteiger partial charge in [-0.15, -0.1) is 0 Å². The predicted molar refractivity (Wildman–Crippen MR) is 119 cm³/mol. The number of rotatable bonds is 7. The number of aryl methyl sites for hydroxylation is 2. The summed E-state index contributed by atoms with van der Waals surface area (Å²) in [6.45, 7) is 2.98. The lowest BCUT2D eigenvalue weighted by Crippen LogP contribution is -2.43. The first-order valence-corrected chi connectivity index (χ1v) is 10.1. The van der Waals surface area contributed by atoms with Crippen LogP contribution in [0.4, 0.5) is 0 Å². The molecule has 8 nitrogen and oxygen atoms in total. The number of pyridine rings is 2. The molecule has 4 rings (SSSR count). The minimum Gasteiger partial charge on any atom is -0.496 e. The molecule has 0 unspecified atom stereocenters. The lowest BCUT2D eigenvalue weighted by atomic mass is 9.99. The molecule has 3 aromatic heterocycles. The number of carbonyl (C=O) groups is 1. The van der Waals surface area contributed by atoms with Gasteiger partial charge in [0.05, 0.1) is 13.3 Å². The zero-order valence-electron chi connectivity index (χ0n) is 18.0. The number of carboxylic acids is 1. The fourth-order valence-electron chi connectivity index (χ4n) is 3.64. The highest BCUT2D eigenvalue weighted by molar-refractivity contribution is 5.84. The van der Waals surface area contributed by atoms with Gasteiger partial charge >= 0.3 is 5.97 Å². The van der Waals surface area contributed by atoms with Crippen molar-refractivity contribution < 1.29 is 19.1 Å². The fourth-order valence-corrected chi connectivity index (χ4v) is 3.64. The Hall–Kier alpha value is -3.94. The Morgan fingerprint density at radius 2 is 1.91 bits per heavy atom. The highest BCUT2D eigenvalue weighted by atomic mass is 16.5. The highest BCUT2D eigenvalue weighted by Crippen LogP contribution is 2.25. The van der Waals surface area contributed by atoms with Crippen LogP contribution in [0, 0.1) is 0 Å². The van der Waals surface area contributed by atoms with Gasteiger partial charge in [-0.05, 0) is 56.0 Å². The van der Waals surface area contributed by atoms with Crippen LogP contribution in [-0.4, -0.2) is 32.7 Å². The summed E-state index contributed by atoms with van der Waals surface area (Å²) in [5, 5.41) is 10.4. The van der Waals surface area contributed by atoms with Gasteiger partial charge in [0.25, 0.3) is 5.56 Å². The van der Waals surface area contributed by atoms with Crippen molar-refractivity contribution in [2.75, 3.05) is 7.11 Å². The summed E-state index contributed by atoms with van der Waals surface area (Å²) in [4.78, 5) is 33.8. The number of benzene rings is 1. The van der Waals surface area contributed by atoms with Crippen LogP contribution in [0.15, 0.2) is 64.3 Å². The zero-order valence-corrected chi connectivity index (χ0v) is 18.0. The van der Waals surface area contributed by atoms with E-state index in [-0.39, 0.29) is 11.4 Å². The first-order chi connectivity index (χ1) is 15.3. The molecule has 8 heteroatoms. The summed E-state index contributed by atoms with van der Waals surface area (Å²) in [5.74, 6) is -0.0476. The monoisotopic (exact) mass is 433 g/mol. The fraction of sp³-hybridized carbons (Fsp3) is 0.250. The summed E-state index contributed by atoms with van der Waals surface area (Å²) in [7, 11) is 1.62. The lowest BCUT2D eigenvalue weighted by molar-refractivity contribution is -0.145. The number of ether oxygens (including phenoxy) is 1. The van der Waals surface area contributed by atoms with E-state index < -0.39 is 17.1 Å². The van der Waals surface area contributed by atoms with Crippen LogP contribution in [0.5, 0.6) is 5.75 Å². The van der Waals surface area contributed by atoms with Gasteiger partial charge in [-0.3, -0.25) is 9.36 Å². The van der Waals surface area contributed by atoms with E-state index in [9.17, 15) is 14.7 Å². The van der Waals surface area contributed by atoms with E-state index in [0.29, 0.717) is 23.9 Å². The molecular formula is C24H23N3O5. The van der Waals surface area contributed by atoms with Crippen molar-refractivity contribution in [2.24, 2.45) is 0 Å². The molecule has 0 aliphatic heterocycles. The number of hydrogen-bond acceptors (Lipinski definition) is 6. The molecule has 4 aromatic rings. The summed E-state index contributed by atoms with van der Waals surface area (Å²) < 4.78 is 12.0. The Morgan fingerprint density at radius 1 is 1.16 bits per heavy atom. The van der Waals surface area contributed by atoms with Crippen LogP contribution in [0.25, 0.3) is 22.5 Å². The number of para-hydroxylation sites is 1. The van der Waals surface area contributed by atoms with Gasteiger partial charge in [0.15, 0.2) is 0 Å². The molecule has 0 saturated carbocycles. The molecule has 0 bridgehead atoms. The van der Waals surface area contributed by atoms with Crippen molar-refractivity contribution in [3.63, 3.8) is 0 Å². The number of fused-ring (bicyclic) bond motifs is 1. The molecule has 0 atom stereocenters. The topological polar surface area (TPSA) is 107 Å². The van der Waals surface area contributed by atoms with Crippen molar-refractivity contribution in [1.82, 2.24) is 14.5 Å². The van der Waals surface area contributed by atoms with Crippen molar-refractivity contribution in [1.29, 1.82) is 0 Å². The van der Waals surface area contributed by atoms with Gasteiger partial charge in [0, 0.05) is 11.6 Å². The molecule has 164 valence electrons. The third-order valence-corrected chi connectivity index (χ3v) is 5.58. The smallest absolute Gasteiger partial charge is 0.329 e. The number of carboxylic acid groups (broad SMARTS) is 1. The molecule has 0 aliphatic carbocycles. The van der Waals surface area contributed by atoms with E-state index in [0.717, 1.165) is 16.9 Å². The van der Waals surface area contributed by atoms with E-state index in [1.807, 2.05) is 24.3 Å². The van der Waals surface area contributed by atoms with E-state index >= 15 is 0 Å². The van der Waals surface area contributed by atoms with Crippen LogP contribution in [0.2, 0.25) is 0 Å². The van der Waals surface area contributed by atoms with Crippen molar-refractivity contribution in [3.8, 4) is 17.3 Å². The number of nitrogens with zero attached hydrogens (tertiary/aromatic N) is 3. The second kappa shape index (κ2) is 8.30.